The van der Waals surface area contributed by atoms with Crippen LogP contribution in [0, 0.1) is 6.92 Å². The predicted octanol–water partition coefficient (Wildman–Crippen LogP) is 5.18. The van der Waals surface area contributed by atoms with Crippen molar-refractivity contribution < 1.29 is 9.59 Å². The van der Waals surface area contributed by atoms with E-state index in [0.29, 0.717) is 25.8 Å². The molecule has 0 spiro atoms. The van der Waals surface area contributed by atoms with Crippen molar-refractivity contribution in [1.29, 1.82) is 0 Å². The molecule has 31 heavy (non-hydrogen) atoms. The van der Waals surface area contributed by atoms with E-state index in [2.05, 4.69) is 36.5 Å². The fourth-order valence-electron chi connectivity index (χ4n) is 4.39. The third kappa shape index (κ3) is 6.95. The molecule has 4 heteroatoms. The second-order valence-corrected chi connectivity index (χ2v) is 8.76. The van der Waals surface area contributed by atoms with Crippen molar-refractivity contribution in [3.05, 3.63) is 71.3 Å². The summed E-state index contributed by atoms with van der Waals surface area (Å²) in [6.07, 6.45) is 7.39. The third-order valence-corrected chi connectivity index (χ3v) is 6.28. The molecule has 1 saturated carbocycles. The van der Waals surface area contributed by atoms with Gasteiger partial charge in [-0.25, -0.2) is 0 Å². The minimum absolute atomic E-state index is 0.00503. The largest absolute Gasteiger partial charge is 0.352 e. The van der Waals surface area contributed by atoms with Gasteiger partial charge in [0.25, 0.3) is 0 Å². The number of aryl methyl sites for hydroxylation is 2. The fourth-order valence-corrected chi connectivity index (χ4v) is 4.39. The molecule has 0 radical (unpaired) electrons. The molecule has 2 aromatic rings. The van der Waals surface area contributed by atoms with Crippen LogP contribution >= 0.6 is 0 Å². The average Bonchev–Trinajstić information content (AvgIpc) is 2.80. The van der Waals surface area contributed by atoms with Gasteiger partial charge in [0.15, 0.2) is 0 Å². The van der Waals surface area contributed by atoms with Crippen molar-refractivity contribution >= 4 is 11.8 Å². The van der Waals surface area contributed by atoms with E-state index in [9.17, 15) is 9.59 Å². The molecule has 1 N–H and O–H groups in total. The van der Waals surface area contributed by atoms with Crippen LogP contribution in [0.1, 0.15) is 68.6 Å². The van der Waals surface area contributed by atoms with Crippen LogP contribution in [0.3, 0.4) is 0 Å². The van der Waals surface area contributed by atoms with Gasteiger partial charge in [-0.3, -0.25) is 9.59 Å². The van der Waals surface area contributed by atoms with E-state index in [1.807, 2.05) is 37.3 Å². The predicted molar refractivity (Wildman–Crippen MR) is 126 cm³/mol. The van der Waals surface area contributed by atoms with E-state index in [-0.39, 0.29) is 17.9 Å². The van der Waals surface area contributed by atoms with E-state index in [0.717, 1.165) is 24.0 Å². The topological polar surface area (TPSA) is 49.4 Å². The van der Waals surface area contributed by atoms with Crippen molar-refractivity contribution in [1.82, 2.24) is 10.2 Å². The molecule has 1 aliphatic carbocycles. The first-order valence-corrected chi connectivity index (χ1v) is 11.8. The fraction of sp³-hybridized carbons (Fsp3) is 0.481. The van der Waals surface area contributed by atoms with Gasteiger partial charge in [-0.1, -0.05) is 86.3 Å². The van der Waals surface area contributed by atoms with Gasteiger partial charge in [0, 0.05) is 19.0 Å². The maximum absolute atomic E-state index is 13.3. The Morgan fingerprint density at radius 1 is 0.968 bits per heavy atom. The van der Waals surface area contributed by atoms with E-state index in [1.165, 1.54) is 24.8 Å². The van der Waals surface area contributed by atoms with E-state index >= 15 is 0 Å². The number of rotatable bonds is 9. The molecule has 1 atom stereocenters. The SMILES string of the molecule is CCC(C(=O)NC1CCCCC1)N(Cc1ccc(C)cc1)C(=O)CCc1ccccc1. The summed E-state index contributed by atoms with van der Waals surface area (Å²) in [7, 11) is 0. The molecule has 0 heterocycles. The van der Waals surface area contributed by atoms with Crippen LogP contribution in [-0.4, -0.2) is 28.8 Å². The maximum atomic E-state index is 13.3. The number of benzene rings is 2. The number of hydrogen-bond acceptors (Lipinski definition) is 2. The summed E-state index contributed by atoms with van der Waals surface area (Å²) in [5, 5.41) is 3.24. The zero-order chi connectivity index (χ0) is 22.1. The number of hydrogen-bond donors (Lipinski definition) is 1. The van der Waals surface area contributed by atoms with E-state index in [1.54, 1.807) is 4.90 Å². The second-order valence-electron chi connectivity index (χ2n) is 8.76. The highest BCUT2D eigenvalue weighted by Gasteiger charge is 2.30. The highest BCUT2D eigenvalue weighted by molar-refractivity contribution is 5.88. The summed E-state index contributed by atoms with van der Waals surface area (Å²) < 4.78 is 0. The zero-order valence-corrected chi connectivity index (χ0v) is 19.0. The Kier molecular flexibility index (Phi) is 8.69. The first-order chi connectivity index (χ1) is 15.1. The highest BCUT2D eigenvalue weighted by Crippen LogP contribution is 2.20. The summed E-state index contributed by atoms with van der Waals surface area (Å²) in [5.74, 6) is 0.0321. The van der Waals surface area contributed by atoms with Crippen molar-refractivity contribution in [2.24, 2.45) is 0 Å². The van der Waals surface area contributed by atoms with Crippen molar-refractivity contribution in [2.45, 2.75) is 83.8 Å². The lowest BCUT2D eigenvalue weighted by Crippen LogP contribution is -2.51. The first-order valence-electron chi connectivity index (χ1n) is 11.8. The van der Waals surface area contributed by atoms with Crippen molar-refractivity contribution in [3.8, 4) is 0 Å². The minimum atomic E-state index is -0.438. The quantitative estimate of drug-likeness (QED) is 0.607. The van der Waals surface area contributed by atoms with Crippen LogP contribution in [0.4, 0.5) is 0 Å². The molecule has 1 fully saturated rings. The number of carbonyl (C=O) groups excluding carboxylic acids is 2. The Balaban J connectivity index is 1.73. The van der Waals surface area contributed by atoms with Gasteiger partial charge < -0.3 is 10.2 Å². The van der Waals surface area contributed by atoms with Crippen LogP contribution < -0.4 is 5.32 Å². The number of carbonyl (C=O) groups is 2. The van der Waals surface area contributed by atoms with Gasteiger partial charge in [-0.2, -0.15) is 0 Å². The lowest BCUT2D eigenvalue weighted by atomic mass is 9.95. The van der Waals surface area contributed by atoms with Gasteiger partial charge >= 0.3 is 0 Å². The molecule has 0 saturated heterocycles. The summed E-state index contributed by atoms with van der Waals surface area (Å²) in [6, 6.07) is 18.1. The minimum Gasteiger partial charge on any atom is -0.352 e. The molecule has 166 valence electrons. The molecule has 1 aliphatic rings. The van der Waals surface area contributed by atoms with Gasteiger partial charge in [-0.15, -0.1) is 0 Å². The van der Waals surface area contributed by atoms with E-state index in [4.69, 9.17) is 0 Å². The average molecular weight is 421 g/mol. The Morgan fingerprint density at radius 3 is 2.29 bits per heavy atom. The number of amides is 2. The highest BCUT2D eigenvalue weighted by atomic mass is 16.2. The zero-order valence-electron chi connectivity index (χ0n) is 19.0. The molecule has 0 aromatic heterocycles. The lowest BCUT2D eigenvalue weighted by Gasteiger charge is -2.33. The normalized spacial score (nSPS) is 15.3. The first kappa shape index (κ1) is 23.1. The summed E-state index contributed by atoms with van der Waals surface area (Å²) in [5.41, 5.74) is 3.39. The molecule has 4 nitrogen and oxygen atoms in total. The molecular weight excluding hydrogens is 384 g/mol. The Labute approximate surface area is 187 Å². The Bertz CT molecular complexity index is 826. The molecule has 1 unspecified atom stereocenters. The standard InChI is InChI=1S/C27H36N2O2/c1-3-25(27(31)28-24-12-8-5-9-13-24)29(20-23-16-14-21(2)15-17-23)26(30)19-18-22-10-6-4-7-11-22/h4,6-7,10-11,14-17,24-25H,3,5,8-9,12-13,18-20H2,1-2H3,(H,28,31). The number of nitrogens with zero attached hydrogens (tertiary/aromatic N) is 1. The van der Waals surface area contributed by atoms with Crippen LogP contribution in [-0.2, 0) is 22.6 Å². The van der Waals surface area contributed by atoms with Crippen molar-refractivity contribution in [3.63, 3.8) is 0 Å². The summed E-state index contributed by atoms with van der Waals surface area (Å²) in [4.78, 5) is 28.3. The van der Waals surface area contributed by atoms with Gasteiger partial charge in [0.2, 0.25) is 11.8 Å². The van der Waals surface area contributed by atoms with Crippen molar-refractivity contribution in [2.75, 3.05) is 0 Å². The maximum Gasteiger partial charge on any atom is 0.243 e. The monoisotopic (exact) mass is 420 g/mol. The summed E-state index contributed by atoms with van der Waals surface area (Å²) >= 11 is 0. The molecule has 0 bridgehead atoms. The molecular formula is C27H36N2O2. The van der Waals surface area contributed by atoms with Crippen LogP contribution in [0.25, 0.3) is 0 Å². The second kappa shape index (κ2) is 11.7. The third-order valence-electron chi connectivity index (χ3n) is 6.28. The summed E-state index contributed by atoms with van der Waals surface area (Å²) in [6.45, 7) is 4.52. The molecule has 2 amide bonds. The van der Waals surface area contributed by atoms with E-state index < -0.39 is 6.04 Å². The van der Waals surface area contributed by atoms with Gasteiger partial charge in [0.1, 0.15) is 6.04 Å². The lowest BCUT2D eigenvalue weighted by molar-refractivity contribution is -0.141. The van der Waals surface area contributed by atoms with Crippen LogP contribution in [0.15, 0.2) is 54.6 Å². The number of nitrogens with one attached hydrogen (secondary N) is 1. The van der Waals surface area contributed by atoms with Gasteiger partial charge in [-0.05, 0) is 43.7 Å². The smallest absolute Gasteiger partial charge is 0.243 e. The van der Waals surface area contributed by atoms with Crippen LogP contribution in [0.2, 0.25) is 0 Å². The molecule has 0 aliphatic heterocycles. The Hall–Kier alpha value is -2.62. The van der Waals surface area contributed by atoms with Gasteiger partial charge in [0.05, 0.1) is 0 Å². The Morgan fingerprint density at radius 2 is 1.65 bits per heavy atom. The van der Waals surface area contributed by atoms with Crippen LogP contribution in [0.5, 0.6) is 0 Å². The molecule has 3 rings (SSSR count). The molecule has 2 aromatic carbocycles.